The second-order valence-corrected chi connectivity index (χ2v) is 6.45. The van der Waals surface area contributed by atoms with E-state index in [1.807, 2.05) is 6.92 Å². The molecule has 0 radical (unpaired) electrons. The van der Waals surface area contributed by atoms with Crippen LogP contribution in [0.5, 0.6) is 11.5 Å². The van der Waals surface area contributed by atoms with E-state index in [9.17, 15) is 8.42 Å². The van der Waals surface area contributed by atoms with Crippen LogP contribution in [-0.2, 0) is 9.84 Å². The highest BCUT2D eigenvalue weighted by atomic mass is 32.2. The van der Waals surface area contributed by atoms with Gasteiger partial charge in [-0.15, -0.1) is 0 Å². The highest BCUT2D eigenvalue weighted by Gasteiger charge is 2.17. The van der Waals surface area contributed by atoms with Gasteiger partial charge >= 0.3 is 0 Å². The maximum atomic E-state index is 11.3. The van der Waals surface area contributed by atoms with Gasteiger partial charge in [-0.1, -0.05) is 0 Å². The third-order valence-corrected chi connectivity index (χ3v) is 3.62. The summed E-state index contributed by atoms with van der Waals surface area (Å²) in [4.78, 5) is 0. The fourth-order valence-electron chi connectivity index (χ4n) is 1.81. The summed E-state index contributed by atoms with van der Waals surface area (Å²) < 4.78 is 32.9. The number of benzene rings is 1. The Kier molecular flexibility index (Phi) is 4.59. The van der Waals surface area contributed by atoms with Gasteiger partial charge in [0.05, 0.1) is 20.0 Å². The lowest BCUT2D eigenvalue weighted by atomic mass is 10.0. The van der Waals surface area contributed by atoms with Gasteiger partial charge in [-0.2, -0.15) is 0 Å². The number of sulfone groups is 1. The van der Waals surface area contributed by atoms with Crippen molar-refractivity contribution in [3.8, 4) is 11.5 Å². The van der Waals surface area contributed by atoms with Gasteiger partial charge in [0.2, 0.25) is 0 Å². The van der Waals surface area contributed by atoms with Crippen LogP contribution in [-0.4, -0.2) is 34.6 Å². The predicted molar refractivity (Wildman–Crippen MR) is 70.9 cm³/mol. The molecule has 0 saturated heterocycles. The fourth-order valence-corrected chi connectivity index (χ4v) is 2.64. The van der Waals surface area contributed by atoms with E-state index in [4.69, 9.17) is 15.2 Å². The quantitative estimate of drug-likeness (QED) is 0.867. The molecule has 0 aromatic heterocycles. The second-order valence-electron chi connectivity index (χ2n) is 4.26. The molecule has 1 aromatic carbocycles. The molecule has 0 aliphatic carbocycles. The SMILES string of the molecule is COc1cc(C)c(C(N)CS(C)(=O)=O)cc1OC. The van der Waals surface area contributed by atoms with Crippen LogP contribution in [0.15, 0.2) is 12.1 Å². The molecule has 0 amide bonds. The first-order valence-electron chi connectivity index (χ1n) is 5.44. The van der Waals surface area contributed by atoms with E-state index in [1.165, 1.54) is 13.4 Å². The van der Waals surface area contributed by atoms with Crippen molar-refractivity contribution in [2.24, 2.45) is 5.73 Å². The molecule has 102 valence electrons. The molecule has 0 saturated carbocycles. The van der Waals surface area contributed by atoms with Crippen molar-refractivity contribution in [2.75, 3.05) is 26.2 Å². The Labute approximate surface area is 108 Å². The molecular weight excluding hydrogens is 254 g/mol. The van der Waals surface area contributed by atoms with Crippen molar-refractivity contribution in [1.82, 2.24) is 0 Å². The van der Waals surface area contributed by atoms with Crippen molar-refractivity contribution in [3.63, 3.8) is 0 Å². The van der Waals surface area contributed by atoms with E-state index in [0.29, 0.717) is 11.5 Å². The average Bonchev–Trinajstić information content (AvgIpc) is 2.26. The number of hydrogen-bond donors (Lipinski definition) is 1. The Bertz CT molecular complexity index is 525. The van der Waals surface area contributed by atoms with Gasteiger partial charge < -0.3 is 15.2 Å². The first-order valence-corrected chi connectivity index (χ1v) is 7.50. The van der Waals surface area contributed by atoms with Gasteiger partial charge in [0.25, 0.3) is 0 Å². The molecule has 0 fully saturated rings. The standard InChI is InChI=1S/C12H19NO4S/c1-8-5-11(16-2)12(17-3)6-9(8)10(13)7-18(4,14)15/h5-6,10H,7,13H2,1-4H3. The molecule has 18 heavy (non-hydrogen) atoms. The molecule has 6 heteroatoms. The number of ether oxygens (including phenoxy) is 2. The topological polar surface area (TPSA) is 78.6 Å². The molecule has 0 bridgehead atoms. The van der Waals surface area contributed by atoms with Gasteiger partial charge in [0.15, 0.2) is 11.5 Å². The van der Waals surface area contributed by atoms with Crippen LogP contribution < -0.4 is 15.2 Å². The van der Waals surface area contributed by atoms with Gasteiger partial charge in [-0.3, -0.25) is 0 Å². The molecule has 1 unspecified atom stereocenters. The molecule has 1 rings (SSSR count). The summed E-state index contributed by atoms with van der Waals surface area (Å²) in [5.74, 6) is 1.05. The minimum atomic E-state index is -3.12. The highest BCUT2D eigenvalue weighted by Crippen LogP contribution is 2.32. The van der Waals surface area contributed by atoms with E-state index in [-0.39, 0.29) is 5.75 Å². The van der Waals surface area contributed by atoms with Crippen molar-refractivity contribution < 1.29 is 17.9 Å². The number of aryl methyl sites for hydroxylation is 1. The van der Waals surface area contributed by atoms with Crippen LogP contribution in [0.2, 0.25) is 0 Å². The number of nitrogens with two attached hydrogens (primary N) is 1. The smallest absolute Gasteiger partial charge is 0.161 e. The molecule has 1 aromatic rings. The van der Waals surface area contributed by atoms with Crippen LogP contribution in [0, 0.1) is 6.92 Å². The van der Waals surface area contributed by atoms with E-state index in [0.717, 1.165) is 11.1 Å². The fraction of sp³-hybridized carbons (Fsp3) is 0.500. The maximum Gasteiger partial charge on any atom is 0.161 e. The van der Waals surface area contributed by atoms with E-state index in [2.05, 4.69) is 0 Å². The Hall–Kier alpha value is -1.27. The number of methoxy groups -OCH3 is 2. The number of rotatable bonds is 5. The third-order valence-electron chi connectivity index (χ3n) is 2.65. The van der Waals surface area contributed by atoms with Crippen LogP contribution >= 0.6 is 0 Å². The highest BCUT2D eigenvalue weighted by molar-refractivity contribution is 7.90. The lowest BCUT2D eigenvalue weighted by Gasteiger charge is -2.17. The maximum absolute atomic E-state index is 11.3. The molecule has 5 nitrogen and oxygen atoms in total. The van der Waals surface area contributed by atoms with Gasteiger partial charge in [-0.25, -0.2) is 8.42 Å². The summed E-state index contributed by atoms with van der Waals surface area (Å²) >= 11 is 0. The average molecular weight is 273 g/mol. The predicted octanol–water partition coefficient (Wildman–Crippen LogP) is 1.06. The summed E-state index contributed by atoms with van der Waals surface area (Å²) in [6, 6.07) is 2.94. The minimum absolute atomic E-state index is 0.0939. The first kappa shape index (κ1) is 14.8. The molecule has 1 atom stereocenters. The largest absolute Gasteiger partial charge is 0.493 e. The van der Waals surface area contributed by atoms with Crippen molar-refractivity contribution in [3.05, 3.63) is 23.3 Å². The molecule has 0 spiro atoms. The lowest BCUT2D eigenvalue weighted by Crippen LogP contribution is -2.21. The van der Waals surface area contributed by atoms with Gasteiger partial charge in [0.1, 0.15) is 9.84 Å². The van der Waals surface area contributed by atoms with Crippen LogP contribution in [0.1, 0.15) is 17.2 Å². The summed E-state index contributed by atoms with van der Waals surface area (Å²) in [5, 5.41) is 0. The molecule has 2 N–H and O–H groups in total. The Morgan fingerprint density at radius 1 is 1.22 bits per heavy atom. The third kappa shape index (κ3) is 3.61. The van der Waals surface area contributed by atoms with Crippen LogP contribution in [0.4, 0.5) is 0 Å². The molecule has 0 heterocycles. The Balaban J connectivity index is 3.17. The second kappa shape index (κ2) is 5.58. The Morgan fingerprint density at radius 3 is 2.17 bits per heavy atom. The van der Waals surface area contributed by atoms with E-state index < -0.39 is 15.9 Å². The summed E-state index contributed by atoms with van der Waals surface area (Å²) in [6.07, 6.45) is 1.17. The van der Waals surface area contributed by atoms with Crippen molar-refractivity contribution in [2.45, 2.75) is 13.0 Å². The summed E-state index contributed by atoms with van der Waals surface area (Å²) in [7, 11) is -0.0447. The monoisotopic (exact) mass is 273 g/mol. The van der Waals surface area contributed by atoms with Crippen molar-refractivity contribution in [1.29, 1.82) is 0 Å². The zero-order valence-corrected chi connectivity index (χ0v) is 11.9. The van der Waals surface area contributed by atoms with E-state index in [1.54, 1.807) is 19.2 Å². The first-order chi connectivity index (χ1) is 8.28. The van der Waals surface area contributed by atoms with Crippen LogP contribution in [0.25, 0.3) is 0 Å². The summed E-state index contributed by atoms with van der Waals surface area (Å²) in [5.41, 5.74) is 7.55. The molecule has 0 aliphatic heterocycles. The zero-order chi connectivity index (χ0) is 13.9. The zero-order valence-electron chi connectivity index (χ0n) is 11.1. The van der Waals surface area contributed by atoms with Gasteiger partial charge in [-0.05, 0) is 30.2 Å². The normalized spacial score (nSPS) is 13.2. The Morgan fingerprint density at radius 2 is 1.72 bits per heavy atom. The van der Waals surface area contributed by atoms with Gasteiger partial charge in [0, 0.05) is 12.3 Å². The van der Waals surface area contributed by atoms with E-state index >= 15 is 0 Å². The number of hydrogen-bond acceptors (Lipinski definition) is 5. The van der Waals surface area contributed by atoms with Crippen LogP contribution in [0.3, 0.4) is 0 Å². The lowest BCUT2D eigenvalue weighted by molar-refractivity contribution is 0.354. The molecule has 0 aliphatic rings. The molecular formula is C12H19NO4S. The summed E-state index contributed by atoms with van der Waals surface area (Å²) in [6.45, 7) is 1.86. The minimum Gasteiger partial charge on any atom is -0.493 e. The van der Waals surface area contributed by atoms with Crippen molar-refractivity contribution >= 4 is 9.84 Å².